The molecule has 1 aromatic rings. The minimum atomic E-state index is -0.104. The number of carbonyl (C=O) groups excluding carboxylic acids is 1. The number of nitrogens with one attached hydrogen (secondary N) is 2. The number of carbonyl (C=O) groups is 1. The van der Waals surface area contributed by atoms with Crippen LogP contribution in [0.2, 0.25) is 5.02 Å². The molecule has 0 spiro atoms. The van der Waals surface area contributed by atoms with E-state index in [1.54, 1.807) is 12.1 Å². The molecule has 1 saturated heterocycles. The van der Waals surface area contributed by atoms with Gasteiger partial charge in [-0.1, -0.05) is 30.9 Å². The zero-order chi connectivity index (χ0) is 16.8. The van der Waals surface area contributed by atoms with Crippen LogP contribution in [-0.4, -0.2) is 36.6 Å². The molecule has 24 heavy (non-hydrogen) atoms. The van der Waals surface area contributed by atoms with Crippen LogP contribution in [0.1, 0.15) is 44.9 Å². The molecule has 1 heterocycles. The molecule has 2 fully saturated rings. The molecule has 2 amide bonds. The van der Waals surface area contributed by atoms with Crippen molar-refractivity contribution in [1.82, 2.24) is 10.2 Å². The number of nitrogens with zero attached hydrogens (tertiary/aromatic N) is 1. The van der Waals surface area contributed by atoms with E-state index < -0.39 is 0 Å². The number of piperidine rings is 1. The van der Waals surface area contributed by atoms with Gasteiger partial charge >= 0.3 is 6.03 Å². The predicted octanol–water partition coefficient (Wildman–Crippen LogP) is 4.51. The van der Waals surface area contributed by atoms with Crippen molar-refractivity contribution in [3.63, 3.8) is 0 Å². The lowest BCUT2D eigenvalue weighted by molar-refractivity contribution is 0.150. The first-order valence-electron chi connectivity index (χ1n) is 9.26. The Hall–Kier alpha value is -1.26. The summed E-state index contributed by atoms with van der Waals surface area (Å²) in [6.07, 6.45) is 8.82. The van der Waals surface area contributed by atoms with Crippen molar-refractivity contribution in [3.05, 3.63) is 29.3 Å². The second-order valence-corrected chi connectivity index (χ2v) is 7.55. The van der Waals surface area contributed by atoms with Gasteiger partial charge in [-0.25, -0.2) is 4.79 Å². The second kappa shape index (κ2) is 8.72. The molecule has 0 aromatic heterocycles. The molecular weight excluding hydrogens is 322 g/mol. The lowest BCUT2D eigenvalue weighted by Gasteiger charge is -2.37. The molecule has 0 radical (unpaired) electrons. The molecule has 5 heteroatoms. The van der Waals surface area contributed by atoms with Gasteiger partial charge in [-0.2, -0.15) is 0 Å². The number of amides is 2. The smallest absolute Gasteiger partial charge is 0.319 e. The lowest BCUT2D eigenvalue weighted by Crippen LogP contribution is -2.48. The number of benzene rings is 1. The molecule has 2 aliphatic rings. The summed E-state index contributed by atoms with van der Waals surface area (Å²) >= 11 is 5.88. The third kappa shape index (κ3) is 5.12. The Bertz CT molecular complexity index is 528. The number of hydrogen-bond donors (Lipinski definition) is 2. The van der Waals surface area contributed by atoms with Crippen LogP contribution in [-0.2, 0) is 0 Å². The van der Waals surface area contributed by atoms with Crippen molar-refractivity contribution in [2.45, 2.75) is 51.0 Å². The minimum Gasteiger partial charge on any atom is -0.335 e. The topological polar surface area (TPSA) is 44.4 Å². The van der Waals surface area contributed by atoms with Crippen molar-refractivity contribution >= 4 is 23.3 Å². The summed E-state index contributed by atoms with van der Waals surface area (Å²) in [7, 11) is 0. The molecule has 2 N–H and O–H groups in total. The molecule has 1 saturated carbocycles. The summed E-state index contributed by atoms with van der Waals surface area (Å²) in [4.78, 5) is 14.9. The third-order valence-electron chi connectivity index (χ3n) is 5.27. The molecule has 0 bridgehead atoms. The molecule has 1 aliphatic heterocycles. The van der Waals surface area contributed by atoms with E-state index in [9.17, 15) is 4.79 Å². The summed E-state index contributed by atoms with van der Waals surface area (Å²) < 4.78 is 0. The fraction of sp³-hybridized carbons (Fsp3) is 0.632. The highest BCUT2D eigenvalue weighted by Gasteiger charge is 2.28. The standard InChI is InChI=1S/C19H28ClN3O/c20-16-8-10-17(11-9-16)21-19(24)22-18-7-3-2-6-15(18)14-23-12-4-1-5-13-23/h8-11,15,18H,1-7,12-14H2,(H2,21,22,24). The molecular formula is C19H28ClN3O. The molecule has 2 unspecified atom stereocenters. The fourth-order valence-electron chi connectivity index (χ4n) is 3.96. The van der Waals surface area contributed by atoms with Crippen molar-refractivity contribution in [2.75, 3.05) is 25.0 Å². The first-order chi connectivity index (χ1) is 11.7. The van der Waals surface area contributed by atoms with Gasteiger partial charge < -0.3 is 15.5 Å². The molecule has 1 aliphatic carbocycles. The Kier molecular flexibility index (Phi) is 6.38. The van der Waals surface area contributed by atoms with Gasteiger partial charge in [0, 0.05) is 23.3 Å². The van der Waals surface area contributed by atoms with Gasteiger partial charge in [0.25, 0.3) is 0 Å². The van der Waals surface area contributed by atoms with Gasteiger partial charge in [0.2, 0.25) is 0 Å². The fourth-order valence-corrected chi connectivity index (χ4v) is 4.08. The summed E-state index contributed by atoms with van der Waals surface area (Å²) in [6, 6.07) is 7.41. The number of rotatable bonds is 4. The quantitative estimate of drug-likeness (QED) is 0.840. The van der Waals surface area contributed by atoms with Crippen LogP contribution in [0.4, 0.5) is 10.5 Å². The highest BCUT2D eigenvalue weighted by molar-refractivity contribution is 6.30. The normalized spacial score (nSPS) is 25.2. The number of likely N-dealkylation sites (tertiary alicyclic amines) is 1. The van der Waals surface area contributed by atoms with E-state index >= 15 is 0 Å². The second-order valence-electron chi connectivity index (χ2n) is 7.12. The van der Waals surface area contributed by atoms with E-state index in [1.807, 2.05) is 12.1 Å². The number of anilines is 1. The van der Waals surface area contributed by atoms with Crippen LogP contribution >= 0.6 is 11.6 Å². The Labute approximate surface area is 149 Å². The van der Waals surface area contributed by atoms with Gasteiger partial charge in [-0.15, -0.1) is 0 Å². The van der Waals surface area contributed by atoms with Gasteiger partial charge in [0.15, 0.2) is 0 Å². The van der Waals surface area contributed by atoms with Crippen LogP contribution in [0.5, 0.6) is 0 Å². The number of hydrogen-bond acceptors (Lipinski definition) is 2. The highest BCUT2D eigenvalue weighted by Crippen LogP contribution is 2.26. The first kappa shape index (κ1) is 17.6. The van der Waals surface area contributed by atoms with Crippen LogP contribution in [0.25, 0.3) is 0 Å². The van der Waals surface area contributed by atoms with Crippen LogP contribution in [0.15, 0.2) is 24.3 Å². The summed E-state index contributed by atoms with van der Waals surface area (Å²) in [5.74, 6) is 0.577. The molecule has 4 nitrogen and oxygen atoms in total. The van der Waals surface area contributed by atoms with Gasteiger partial charge in [-0.05, 0) is 69.0 Å². The lowest BCUT2D eigenvalue weighted by atomic mass is 9.84. The Morgan fingerprint density at radius 3 is 2.50 bits per heavy atom. The Morgan fingerprint density at radius 2 is 1.75 bits per heavy atom. The van der Waals surface area contributed by atoms with E-state index in [-0.39, 0.29) is 12.1 Å². The minimum absolute atomic E-state index is 0.104. The monoisotopic (exact) mass is 349 g/mol. The summed E-state index contributed by atoms with van der Waals surface area (Å²) in [5.41, 5.74) is 0.778. The average molecular weight is 350 g/mol. The van der Waals surface area contributed by atoms with E-state index in [4.69, 9.17) is 11.6 Å². The van der Waals surface area contributed by atoms with E-state index in [1.165, 1.54) is 51.6 Å². The number of urea groups is 1. The Morgan fingerprint density at radius 1 is 1.04 bits per heavy atom. The average Bonchev–Trinajstić information content (AvgIpc) is 2.60. The van der Waals surface area contributed by atoms with Gasteiger partial charge in [-0.3, -0.25) is 0 Å². The largest absolute Gasteiger partial charge is 0.335 e. The highest BCUT2D eigenvalue weighted by atomic mass is 35.5. The molecule has 2 atom stereocenters. The van der Waals surface area contributed by atoms with E-state index in [0.29, 0.717) is 10.9 Å². The van der Waals surface area contributed by atoms with E-state index in [0.717, 1.165) is 18.7 Å². The molecule has 1 aromatic carbocycles. The van der Waals surface area contributed by atoms with Crippen LogP contribution in [0, 0.1) is 5.92 Å². The van der Waals surface area contributed by atoms with Crippen molar-refractivity contribution in [2.24, 2.45) is 5.92 Å². The molecule has 3 rings (SSSR count). The van der Waals surface area contributed by atoms with E-state index in [2.05, 4.69) is 15.5 Å². The maximum Gasteiger partial charge on any atom is 0.319 e. The van der Waals surface area contributed by atoms with Crippen LogP contribution in [0.3, 0.4) is 0 Å². The van der Waals surface area contributed by atoms with Crippen molar-refractivity contribution in [1.29, 1.82) is 0 Å². The van der Waals surface area contributed by atoms with Gasteiger partial charge in [0.1, 0.15) is 0 Å². The maximum absolute atomic E-state index is 12.3. The zero-order valence-corrected chi connectivity index (χ0v) is 15.0. The number of halogens is 1. The van der Waals surface area contributed by atoms with Gasteiger partial charge in [0.05, 0.1) is 0 Å². The first-order valence-corrected chi connectivity index (χ1v) is 9.64. The predicted molar refractivity (Wildman–Crippen MR) is 99.6 cm³/mol. The maximum atomic E-state index is 12.3. The zero-order valence-electron chi connectivity index (χ0n) is 14.3. The SMILES string of the molecule is O=C(Nc1ccc(Cl)cc1)NC1CCCCC1CN1CCCCC1. The van der Waals surface area contributed by atoms with Crippen LogP contribution < -0.4 is 10.6 Å². The summed E-state index contributed by atoms with van der Waals surface area (Å²) in [5, 5.41) is 6.81. The Balaban J connectivity index is 1.52. The summed E-state index contributed by atoms with van der Waals surface area (Å²) in [6.45, 7) is 3.58. The third-order valence-corrected chi connectivity index (χ3v) is 5.52. The van der Waals surface area contributed by atoms with Crippen molar-refractivity contribution < 1.29 is 4.79 Å². The molecule has 132 valence electrons. The van der Waals surface area contributed by atoms with Crippen molar-refractivity contribution in [3.8, 4) is 0 Å².